The molecule has 0 aliphatic carbocycles. The van der Waals surface area contributed by atoms with E-state index < -0.39 is 36.5 Å². The van der Waals surface area contributed by atoms with Crippen molar-refractivity contribution in [1.82, 2.24) is 25.3 Å². The molecule has 3 aromatic rings. The molecule has 14 heteroatoms. The Morgan fingerprint density at radius 2 is 1.86 bits per heavy atom. The van der Waals surface area contributed by atoms with Gasteiger partial charge in [0.1, 0.15) is 6.04 Å². The quantitative estimate of drug-likeness (QED) is 0.218. The van der Waals surface area contributed by atoms with Gasteiger partial charge in [0.15, 0.2) is 23.2 Å². The Labute approximate surface area is 204 Å². The number of hydrogen-bond acceptors (Lipinski definition) is 10. The predicted octanol–water partition coefficient (Wildman–Crippen LogP) is 1.14. The molecule has 0 aliphatic heterocycles. The van der Waals surface area contributed by atoms with Gasteiger partial charge in [-0.3, -0.25) is 4.79 Å². The van der Waals surface area contributed by atoms with Crippen LogP contribution in [0.1, 0.15) is 41.4 Å². The Balaban J connectivity index is 1.76. The van der Waals surface area contributed by atoms with E-state index in [1.807, 2.05) is 6.92 Å². The SMILES string of the molecule is CCCc1cc(C(=O)N[C@@H](C[C@@H](F)C(=O)O)C(=O)O)ccc1NCc1cnc2nc(N)nc(N)c2n1. The first-order chi connectivity index (χ1) is 17.1. The Morgan fingerprint density at radius 3 is 2.53 bits per heavy atom. The maximum atomic E-state index is 13.5. The van der Waals surface area contributed by atoms with E-state index in [1.54, 1.807) is 12.1 Å². The summed E-state index contributed by atoms with van der Waals surface area (Å²) in [6.45, 7) is 2.22. The van der Waals surface area contributed by atoms with Crippen molar-refractivity contribution in [3.63, 3.8) is 0 Å². The zero-order valence-electron chi connectivity index (χ0n) is 19.2. The van der Waals surface area contributed by atoms with Crippen molar-refractivity contribution >= 4 is 46.5 Å². The molecule has 2 aromatic heterocycles. The molecule has 0 fully saturated rings. The normalized spacial score (nSPS) is 12.6. The van der Waals surface area contributed by atoms with E-state index in [9.17, 15) is 23.9 Å². The highest BCUT2D eigenvalue weighted by atomic mass is 19.1. The lowest BCUT2D eigenvalue weighted by atomic mass is 10.0. The molecule has 0 saturated heterocycles. The number of amides is 1. The van der Waals surface area contributed by atoms with Crippen LogP contribution in [-0.2, 0) is 22.6 Å². The number of benzene rings is 1. The van der Waals surface area contributed by atoms with Crippen LogP contribution in [0.25, 0.3) is 11.2 Å². The topological polar surface area (TPSA) is 219 Å². The molecule has 0 radical (unpaired) electrons. The second-order valence-electron chi connectivity index (χ2n) is 7.88. The number of carbonyl (C=O) groups is 3. The number of aromatic nitrogens is 4. The number of aliphatic carboxylic acids is 2. The van der Waals surface area contributed by atoms with E-state index in [-0.39, 0.29) is 29.5 Å². The second kappa shape index (κ2) is 11.2. The summed E-state index contributed by atoms with van der Waals surface area (Å²) in [5, 5.41) is 23.3. The second-order valence-corrected chi connectivity index (χ2v) is 7.88. The number of fused-ring (bicyclic) bond motifs is 1. The molecule has 13 nitrogen and oxygen atoms in total. The minimum atomic E-state index is -2.42. The van der Waals surface area contributed by atoms with Crippen LogP contribution >= 0.6 is 0 Å². The van der Waals surface area contributed by atoms with Crippen LogP contribution in [-0.4, -0.2) is 60.2 Å². The van der Waals surface area contributed by atoms with Gasteiger partial charge < -0.3 is 32.3 Å². The smallest absolute Gasteiger partial charge is 0.338 e. The summed E-state index contributed by atoms with van der Waals surface area (Å²) in [7, 11) is 0. The van der Waals surface area contributed by atoms with Gasteiger partial charge in [-0.1, -0.05) is 13.3 Å². The molecule has 0 spiro atoms. The Hall–Kier alpha value is -4.62. The van der Waals surface area contributed by atoms with Crippen molar-refractivity contribution in [2.75, 3.05) is 16.8 Å². The van der Waals surface area contributed by atoms with Gasteiger partial charge in [-0.2, -0.15) is 9.97 Å². The van der Waals surface area contributed by atoms with Crippen molar-refractivity contribution in [2.24, 2.45) is 0 Å². The number of rotatable bonds is 11. The van der Waals surface area contributed by atoms with E-state index in [1.165, 1.54) is 12.3 Å². The number of anilines is 3. The zero-order chi connectivity index (χ0) is 26.4. The highest BCUT2D eigenvalue weighted by Crippen LogP contribution is 2.21. The Morgan fingerprint density at radius 1 is 1.11 bits per heavy atom. The Kier molecular flexibility index (Phi) is 8.09. The van der Waals surface area contributed by atoms with Crippen LogP contribution in [0.3, 0.4) is 0 Å². The van der Waals surface area contributed by atoms with E-state index in [0.29, 0.717) is 23.3 Å². The summed E-state index contributed by atoms with van der Waals surface area (Å²) >= 11 is 0. The molecule has 0 aliphatic rings. The molecular weight excluding hydrogens is 475 g/mol. The van der Waals surface area contributed by atoms with Crippen LogP contribution in [0.4, 0.5) is 21.8 Å². The summed E-state index contributed by atoms with van der Waals surface area (Å²) in [5.74, 6) is -4.00. The molecule has 0 bridgehead atoms. The highest BCUT2D eigenvalue weighted by molar-refractivity contribution is 5.97. The third kappa shape index (κ3) is 6.28. The minimum Gasteiger partial charge on any atom is -0.480 e. The molecule has 0 saturated carbocycles. The van der Waals surface area contributed by atoms with Crippen molar-refractivity contribution in [3.8, 4) is 0 Å². The molecule has 8 N–H and O–H groups in total. The lowest BCUT2D eigenvalue weighted by Crippen LogP contribution is -2.43. The van der Waals surface area contributed by atoms with Gasteiger partial charge in [0.2, 0.25) is 5.95 Å². The molecule has 36 heavy (non-hydrogen) atoms. The van der Waals surface area contributed by atoms with Crippen molar-refractivity contribution in [1.29, 1.82) is 0 Å². The monoisotopic (exact) mass is 500 g/mol. The third-order valence-electron chi connectivity index (χ3n) is 5.16. The van der Waals surface area contributed by atoms with Gasteiger partial charge in [-0.05, 0) is 30.2 Å². The lowest BCUT2D eigenvalue weighted by molar-refractivity contribution is -0.145. The zero-order valence-corrected chi connectivity index (χ0v) is 19.2. The first kappa shape index (κ1) is 26.0. The van der Waals surface area contributed by atoms with Crippen LogP contribution in [0.2, 0.25) is 0 Å². The maximum Gasteiger partial charge on any atom is 0.338 e. The number of carbonyl (C=O) groups excluding carboxylic acids is 1. The number of alkyl halides is 1. The van der Waals surface area contributed by atoms with E-state index in [0.717, 1.165) is 12.0 Å². The number of carboxylic acids is 2. The Bertz CT molecular complexity index is 1300. The molecule has 1 amide bonds. The number of aryl methyl sites for hydroxylation is 1. The minimum absolute atomic E-state index is 0.00502. The average Bonchev–Trinajstić information content (AvgIpc) is 2.82. The van der Waals surface area contributed by atoms with Crippen LogP contribution in [0, 0.1) is 0 Å². The number of nitrogens with zero attached hydrogens (tertiary/aromatic N) is 4. The van der Waals surface area contributed by atoms with E-state index in [4.69, 9.17) is 16.6 Å². The fraction of sp³-hybridized carbons (Fsp3) is 0.318. The van der Waals surface area contributed by atoms with Crippen LogP contribution < -0.4 is 22.1 Å². The lowest BCUT2D eigenvalue weighted by Gasteiger charge is -2.17. The molecule has 0 unspecified atom stereocenters. The molecule has 190 valence electrons. The first-order valence-electron chi connectivity index (χ1n) is 10.9. The summed E-state index contributed by atoms with van der Waals surface area (Å²) in [5.41, 5.74) is 14.2. The molecule has 2 atom stereocenters. The molecule has 2 heterocycles. The highest BCUT2D eigenvalue weighted by Gasteiger charge is 2.28. The largest absolute Gasteiger partial charge is 0.480 e. The number of halogens is 1. The van der Waals surface area contributed by atoms with Crippen molar-refractivity contribution in [2.45, 2.75) is 44.9 Å². The summed E-state index contributed by atoms with van der Waals surface area (Å²) in [6, 6.07) is 3.01. The fourth-order valence-electron chi connectivity index (χ4n) is 3.41. The average molecular weight is 500 g/mol. The molecule has 3 rings (SSSR count). The number of hydrogen-bond donors (Lipinski definition) is 6. The number of nitrogens with one attached hydrogen (secondary N) is 2. The van der Waals surface area contributed by atoms with Gasteiger partial charge >= 0.3 is 11.9 Å². The third-order valence-corrected chi connectivity index (χ3v) is 5.16. The number of nitrogens with two attached hydrogens (primary N) is 2. The standard InChI is InChI=1S/C22H25FN8O5/c1-2-3-10-6-11(19(32)29-15(21(35)36)7-13(23)20(33)34)4-5-14(10)26-8-12-9-27-18-16(28-12)17(24)30-22(25)31-18/h4-6,9,13,15,26H,2-3,7-8H2,1H3,(H,29,32)(H,33,34)(H,35,36)(H4,24,25,27,30,31)/t13-,15+/m1/s1. The number of carboxylic acid groups (broad SMARTS) is 2. The van der Waals surface area contributed by atoms with E-state index >= 15 is 0 Å². The van der Waals surface area contributed by atoms with Crippen LogP contribution in [0.5, 0.6) is 0 Å². The fourth-order valence-corrected chi connectivity index (χ4v) is 3.41. The van der Waals surface area contributed by atoms with Gasteiger partial charge in [0.25, 0.3) is 5.91 Å². The van der Waals surface area contributed by atoms with Gasteiger partial charge in [0.05, 0.1) is 18.4 Å². The summed E-state index contributed by atoms with van der Waals surface area (Å²) in [4.78, 5) is 51.2. The summed E-state index contributed by atoms with van der Waals surface area (Å²) < 4.78 is 13.5. The van der Waals surface area contributed by atoms with Crippen molar-refractivity contribution < 1.29 is 29.0 Å². The molecule has 1 aromatic carbocycles. The van der Waals surface area contributed by atoms with Crippen molar-refractivity contribution in [3.05, 3.63) is 41.2 Å². The maximum absolute atomic E-state index is 13.5. The molecular formula is C22H25FN8O5. The van der Waals surface area contributed by atoms with Crippen LogP contribution in [0.15, 0.2) is 24.4 Å². The number of nitrogen functional groups attached to an aromatic ring is 2. The van der Waals surface area contributed by atoms with Gasteiger partial charge in [-0.25, -0.2) is 23.9 Å². The summed E-state index contributed by atoms with van der Waals surface area (Å²) in [6.07, 6.45) is -0.451. The van der Waals surface area contributed by atoms with Gasteiger partial charge in [-0.15, -0.1) is 0 Å². The predicted molar refractivity (Wildman–Crippen MR) is 128 cm³/mol. The van der Waals surface area contributed by atoms with E-state index in [2.05, 4.69) is 30.6 Å². The first-order valence-corrected chi connectivity index (χ1v) is 10.9. The van der Waals surface area contributed by atoms with Gasteiger partial charge in [0, 0.05) is 17.7 Å².